The number of ketones is 1. The Labute approximate surface area is 121 Å². The van der Waals surface area contributed by atoms with Crippen molar-refractivity contribution < 1.29 is 9.59 Å². The maximum atomic E-state index is 12.4. The van der Waals surface area contributed by atoms with E-state index in [4.69, 9.17) is 11.6 Å². The average Bonchev–Trinajstić information content (AvgIpc) is 2.47. The number of carbonyl (C=O) groups is 2. The SMILES string of the molecule is O=C1CCc2cc(C(=O)c3ccc(Cl)cc3)ccc2N1. The predicted molar refractivity (Wildman–Crippen MR) is 78.3 cm³/mol. The number of fused-ring (bicyclic) bond motifs is 1. The van der Waals surface area contributed by atoms with E-state index in [1.807, 2.05) is 6.07 Å². The van der Waals surface area contributed by atoms with Crippen LogP contribution in [0.15, 0.2) is 42.5 Å². The lowest BCUT2D eigenvalue weighted by molar-refractivity contribution is -0.116. The number of rotatable bonds is 2. The molecule has 1 amide bonds. The van der Waals surface area contributed by atoms with Crippen LogP contribution in [-0.2, 0) is 11.2 Å². The summed E-state index contributed by atoms with van der Waals surface area (Å²) in [6.45, 7) is 0. The van der Waals surface area contributed by atoms with Crippen molar-refractivity contribution in [2.45, 2.75) is 12.8 Å². The minimum Gasteiger partial charge on any atom is -0.326 e. The van der Waals surface area contributed by atoms with Gasteiger partial charge in [-0.2, -0.15) is 0 Å². The summed E-state index contributed by atoms with van der Waals surface area (Å²) in [6.07, 6.45) is 1.13. The Hall–Kier alpha value is -2.13. The molecule has 1 N–H and O–H groups in total. The Morgan fingerprint density at radius 2 is 1.70 bits per heavy atom. The average molecular weight is 286 g/mol. The van der Waals surface area contributed by atoms with Crippen LogP contribution in [0.25, 0.3) is 0 Å². The van der Waals surface area contributed by atoms with Crippen molar-refractivity contribution in [3.63, 3.8) is 0 Å². The summed E-state index contributed by atoms with van der Waals surface area (Å²) in [5.41, 5.74) is 3.04. The summed E-state index contributed by atoms with van der Waals surface area (Å²) in [4.78, 5) is 23.7. The second kappa shape index (κ2) is 5.10. The number of hydrogen-bond donors (Lipinski definition) is 1. The van der Waals surface area contributed by atoms with E-state index in [-0.39, 0.29) is 11.7 Å². The van der Waals surface area contributed by atoms with Gasteiger partial charge in [-0.25, -0.2) is 0 Å². The molecule has 3 nitrogen and oxygen atoms in total. The standard InChI is InChI=1S/C16H12ClNO2/c17-13-5-1-10(2-6-13)16(20)12-3-7-14-11(9-12)4-8-15(19)18-14/h1-3,5-7,9H,4,8H2,(H,18,19). The van der Waals surface area contributed by atoms with Crippen LogP contribution in [0.5, 0.6) is 0 Å². The minimum atomic E-state index is -0.0404. The molecule has 0 bridgehead atoms. The van der Waals surface area contributed by atoms with Crippen molar-refractivity contribution in [1.29, 1.82) is 0 Å². The summed E-state index contributed by atoms with van der Waals surface area (Å²) < 4.78 is 0. The molecular weight excluding hydrogens is 274 g/mol. The molecule has 0 saturated carbocycles. The molecule has 0 fully saturated rings. The highest BCUT2D eigenvalue weighted by Crippen LogP contribution is 2.25. The molecule has 2 aromatic rings. The smallest absolute Gasteiger partial charge is 0.224 e. The van der Waals surface area contributed by atoms with Crippen LogP contribution in [0.2, 0.25) is 5.02 Å². The Morgan fingerprint density at radius 1 is 1.00 bits per heavy atom. The Kier molecular flexibility index (Phi) is 3.28. The first-order chi connectivity index (χ1) is 9.63. The Bertz CT molecular complexity index is 692. The van der Waals surface area contributed by atoms with Crippen molar-refractivity contribution in [3.8, 4) is 0 Å². The highest BCUT2D eigenvalue weighted by atomic mass is 35.5. The van der Waals surface area contributed by atoms with Gasteiger partial charge in [0, 0.05) is 28.3 Å². The third-order valence-electron chi connectivity index (χ3n) is 3.37. The molecule has 2 aromatic carbocycles. The van der Waals surface area contributed by atoms with E-state index in [0.29, 0.717) is 29.0 Å². The number of benzene rings is 2. The van der Waals surface area contributed by atoms with E-state index in [9.17, 15) is 9.59 Å². The summed E-state index contributed by atoms with van der Waals surface area (Å²) in [7, 11) is 0. The van der Waals surface area contributed by atoms with Crippen LogP contribution in [0.4, 0.5) is 5.69 Å². The monoisotopic (exact) mass is 285 g/mol. The van der Waals surface area contributed by atoms with Crippen LogP contribution in [-0.4, -0.2) is 11.7 Å². The first-order valence-electron chi connectivity index (χ1n) is 6.36. The van der Waals surface area contributed by atoms with Crippen LogP contribution in [0, 0.1) is 0 Å². The number of aryl methyl sites for hydroxylation is 1. The van der Waals surface area contributed by atoms with E-state index in [2.05, 4.69) is 5.32 Å². The molecule has 0 aromatic heterocycles. The first kappa shape index (κ1) is 12.9. The second-order valence-electron chi connectivity index (χ2n) is 4.76. The maximum Gasteiger partial charge on any atom is 0.224 e. The lowest BCUT2D eigenvalue weighted by Gasteiger charge is -2.17. The van der Waals surface area contributed by atoms with Gasteiger partial charge in [0.2, 0.25) is 5.91 Å². The van der Waals surface area contributed by atoms with E-state index >= 15 is 0 Å². The number of hydrogen-bond acceptors (Lipinski definition) is 2. The topological polar surface area (TPSA) is 46.2 Å². The molecule has 0 radical (unpaired) electrons. The van der Waals surface area contributed by atoms with Gasteiger partial charge in [0.25, 0.3) is 0 Å². The number of amides is 1. The van der Waals surface area contributed by atoms with Crippen molar-refractivity contribution in [2.75, 3.05) is 5.32 Å². The fraction of sp³-hybridized carbons (Fsp3) is 0.125. The third kappa shape index (κ3) is 2.45. The van der Waals surface area contributed by atoms with Crippen LogP contribution < -0.4 is 5.32 Å². The van der Waals surface area contributed by atoms with Gasteiger partial charge in [-0.3, -0.25) is 9.59 Å². The van der Waals surface area contributed by atoms with Crippen LogP contribution in [0.3, 0.4) is 0 Å². The van der Waals surface area contributed by atoms with Crippen molar-refractivity contribution in [1.82, 2.24) is 0 Å². The quantitative estimate of drug-likeness (QED) is 0.859. The molecule has 3 rings (SSSR count). The molecule has 0 atom stereocenters. The lowest BCUT2D eigenvalue weighted by Crippen LogP contribution is -2.19. The maximum absolute atomic E-state index is 12.4. The Balaban J connectivity index is 1.93. The number of anilines is 1. The molecule has 0 unspecified atom stereocenters. The third-order valence-corrected chi connectivity index (χ3v) is 3.62. The summed E-state index contributed by atoms with van der Waals surface area (Å²) in [6, 6.07) is 12.2. The summed E-state index contributed by atoms with van der Waals surface area (Å²) in [5, 5.41) is 3.41. The van der Waals surface area contributed by atoms with Gasteiger partial charge in [-0.05, 0) is 54.4 Å². The van der Waals surface area contributed by atoms with Gasteiger partial charge in [0.05, 0.1) is 0 Å². The Morgan fingerprint density at radius 3 is 2.45 bits per heavy atom. The zero-order chi connectivity index (χ0) is 14.1. The van der Waals surface area contributed by atoms with Gasteiger partial charge < -0.3 is 5.32 Å². The van der Waals surface area contributed by atoms with Crippen molar-refractivity contribution >= 4 is 29.0 Å². The number of nitrogens with one attached hydrogen (secondary N) is 1. The highest BCUT2D eigenvalue weighted by molar-refractivity contribution is 6.30. The molecule has 1 aliphatic heterocycles. The van der Waals surface area contributed by atoms with Crippen molar-refractivity contribution in [2.24, 2.45) is 0 Å². The van der Waals surface area contributed by atoms with Gasteiger partial charge in [-0.15, -0.1) is 0 Å². The molecule has 0 aliphatic carbocycles. The highest BCUT2D eigenvalue weighted by Gasteiger charge is 2.17. The lowest BCUT2D eigenvalue weighted by atomic mass is 9.96. The summed E-state index contributed by atoms with van der Waals surface area (Å²) in [5.74, 6) is -0.0179. The van der Waals surface area contributed by atoms with E-state index < -0.39 is 0 Å². The molecule has 100 valence electrons. The fourth-order valence-electron chi connectivity index (χ4n) is 2.29. The zero-order valence-electron chi connectivity index (χ0n) is 10.7. The molecule has 0 spiro atoms. The number of halogens is 1. The second-order valence-corrected chi connectivity index (χ2v) is 5.19. The first-order valence-corrected chi connectivity index (χ1v) is 6.74. The molecule has 1 heterocycles. The molecule has 20 heavy (non-hydrogen) atoms. The van der Waals surface area contributed by atoms with Gasteiger partial charge in [0.15, 0.2) is 5.78 Å². The van der Waals surface area contributed by atoms with E-state index in [1.54, 1.807) is 36.4 Å². The predicted octanol–water partition coefficient (Wildman–Crippen LogP) is 3.46. The molecular formula is C16H12ClNO2. The molecule has 1 aliphatic rings. The van der Waals surface area contributed by atoms with Gasteiger partial charge >= 0.3 is 0 Å². The van der Waals surface area contributed by atoms with Crippen LogP contribution in [0.1, 0.15) is 27.9 Å². The zero-order valence-corrected chi connectivity index (χ0v) is 11.4. The largest absolute Gasteiger partial charge is 0.326 e. The van der Waals surface area contributed by atoms with Crippen molar-refractivity contribution in [3.05, 3.63) is 64.2 Å². The minimum absolute atomic E-state index is 0.0225. The van der Waals surface area contributed by atoms with E-state index in [1.165, 1.54) is 0 Å². The summed E-state index contributed by atoms with van der Waals surface area (Å²) >= 11 is 5.82. The normalized spacial score (nSPS) is 13.6. The van der Waals surface area contributed by atoms with Gasteiger partial charge in [0.1, 0.15) is 0 Å². The molecule has 0 saturated heterocycles. The van der Waals surface area contributed by atoms with Crippen LogP contribution >= 0.6 is 11.6 Å². The fourth-order valence-corrected chi connectivity index (χ4v) is 2.42. The number of carbonyl (C=O) groups excluding carboxylic acids is 2. The van der Waals surface area contributed by atoms with Gasteiger partial charge in [-0.1, -0.05) is 11.6 Å². The molecule has 4 heteroatoms. The van der Waals surface area contributed by atoms with E-state index in [0.717, 1.165) is 11.3 Å².